The molecule has 2 aliphatic rings. The molecule has 0 radical (unpaired) electrons. The number of nitrogens with one attached hydrogen (secondary N) is 1. The van der Waals surface area contributed by atoms with Gasteiger partial charge in [-0.1, -0.05) is 25.5 Å². The lowest BCUT2D eigenvalue weighted by atomic mass is 9.86. The van der Waals surface area contributed by atoms with Gasteiger partial charge in [0.05, 0.1) is 5.39 Å². The van der Waals surface area contributed by atoms with Crippen molar-refractivity contribution in [2.75, 3.05) is 25.0 Å². The second-order valence-corrected chi connectivity index (χ2v) is 10.1. The van der Waals surface area contributed by atoms with Crippen LogP contribution in [0.1, 0.15) is 68.6 Å². The smallest absolute Gasteiger partial charge is 0.253 e. The van der Waals surface area contributed by atoms with Gasteiger partial charge in [0.25, 0.3) is 5.91 Å². The van der Waals surface area contributed by atoms with Gasteiger partial charge in [-0.05, 0) is 63.0 Å². The molecule has 1 aliphatic heterocycles. The van der Waals surface area contributed by atoms with Gasteiger partial charge in [-0.2, -0.15) is 10.1 Å². The normalized spacial score (nSPS) is 20.5. The Bertz CT molecular complexity index is 1140. The van der Waals surface area contributed by atoms with Crippen LogP contribution >= 0.6 is 0 Å². The lowest BCUT2D eigenvalue weighted by Gasteiger charge is -2.25. The predicted octanol–water partition coefficient (Wildman–Crippen LogP) is 4.46. The molecule has 0 unspecified atom stereocenters. The summed E-state index contributed by atoms with van der Waals surface area (Å²) in [4.78, 5) is 24.2. The molecule has 1 saturated carbocycles. The molecule has 3 N–H and O–H groups in total. The van der Waals surface area contributed by atoms with Crippen LogP contribution < -0.4 is 11.1 Å². The van der Waals surface area contributed by atoms with Crippen molar-refractivity contribution < 1.29 is 4.79 Å². The maximum absolute atomic E-state index is 12.8. The number of anilines is 1. The Morgan fingerprint density at radius 3 is 2.57 bits per heavy atom. The monoisotopic (exact) mass is 475 g/mol. The number of likely N-dealkylation sites (tertiary alicyclic amines) is 1. The van der Waals surface area contributed by atoms with E-state index in [1.165, 1.54) is 0 Å². The third kappa shape index (κ3) is 5.32. The average molecular weight is 476 g/mol. The van der Waals surface area contributed by atoms with Crippen LogP contribution in [0.4, 0.5) is 5.95 Å². The van der Waals surface area contributed by atoms with Crippen molar-refractivity contribution >= 4 is 22.9 Å². The highest BCUT2D eigenvalue weighted by Gasteiger charge is 2.23. The van der Waals surface area contributed by atoms with Gasteiger partial charge in [-0.25, -0.2) is 9.67 Å². The summed E-state index contributed by atoms with van der Waals surface area (Å²) in [5, 5.41) is 9.31. The van der Waals surface area contributed by atoms with Crippen molar-refractivity contribution in [3.05, 3.63) is 36.0 Å². The minimum Gasteiger partial charge on any atom is -0.354 e. The van der Waals surface area contributed by atoms with Crippen LogP contribution in [-0.2, 0) is 6.54 Å². The molecule has 8 heteroatoms. The number of hydrogen-bond donors (Lipinski definition) is 2. The molecule has 35 heavy (non-hydrogen) atoms. The zero-order chi connectivity index (χ0) is 24.2. The molecule has 5 rings (SSSR count). The minimum atomic E-state index is 0.117. The summed E-state index contributed by atoms with van der Waals surface area (Å²) in [5.41, 5.74) is 9.58. The van der Waals surface area contributed by atoms with Crippen LogP contribution in [0, 0.1) is 5.92 Å². The number of rotatable bonds is 8. The number of carbonyl (C=O) groups is 1. The van der Waals surface area contributed by atoms with Crippen LogP contribution in [0.5, 0.6) is 0 Å². The van der Waals surface area contributed by atoms with Gasteiger partial charge in [0, 0.05) is 49.5 Å². The van der Waals surface area contributed by atoms with E-state index in [4.69, 9.17) is 15.8 Å². The minimum absolute atomic E-state index is 0.117. The predicted molar refractivity (Wildman–Crippen MR) is 139 cm³/mol. The van der Waals surface area contributed by atoms with Crippen molar-refractivity contribution in [3.8, 4) is 11.3 Å². The molecule has 3 aromatic rings. The van der Waals surface area contributed by atoms with Crippen molar-refractivity contribution in [2.45, 2.75) is 70.9 Å². The molecule has 2 fully saturated rings. The van der Waals surface area contributed by atoms with Crippen molar-refractivity contribution in [2.24, 2.45) is 11.7 Å². The number of hydrogen-bond acceptors (Lipinski definition) is 6. The van der Waals surface area contributed by atoms with E-state index >= 15 is 0 Å². The fourth-order valence-corrected chi connectivity index (χ4v) is 5.25. The molecule has 2 aromatic heterocycles. The molecule has 1 aromatic carbocycles. The Kier molecular flexibility index (Phi) is 7.27. The van der Waals surface area contributed by atoms with Crippen LogP contribution in [-0.4, -0.2) is 56.2 Å². The lowest BCUT2D eigenvalue weighted by Crippen LogP contribution is -2.28. The molecule has 8 nitrogen and oxygen atoms in total. The summed E-state index contributed by atoms with van der Waals surface area (Å²) in [6.07, 6.45) is 10.7. The lowest BCUT2D eigenvalue weighted by molar-refractivity contribution is 0.0793. The van der Waals surface area contributed by atoms with E-state index in [1.54, 1.807) is 0 Å². The SMILES string of the molecule is CCCCNc1ncc2c(-c3ccc(C(=O)N4CCCC4)cc3)nn(CC3CCC(N)CC3)c2n1. The van der Waals surface area contributed by atoms with Crippen LogP contribution in [0.2, 0.25) is 0 Å². The largest absolute Gasteiger partial charge is 0.354 e. The van der Waals surface area contributed by atoms with E-state index in [2.05, 4.69) is 21.9 Å². The van der Waals surface area contributed by atoms with Crippen molar-refractivity contribution in [1.29, 1.82) is 0 Å². The second kappa shape index (κ2) is 10.7. The number of nitrogens with zero attached hydrogens (tertiary/aromatic N) is 5. The summed E-state index contributed by atoms with van der Waals surface area (Å²) in [6, 6.07) is 8.18. The van der Waals surface area contributed by atoms with Gasteiger partial charge in [0.1, 0.15) is 5.69 Å². The van der Waals surface area contributed by atoms with Crippen LogP contribution in [0.15, 0.2) is 30.5 Å². The Hall–Kier alpha value is -3.00. The Morgan fingerprint density at radius 2 is 1.86 bits per heavy atom. The molecule has 1 amide bonds. The van der Waals surface area contributed by atoms with E-state index in [9.17, 15) is 4.79 Å². The Morgan fingerprint density at radius 1 is 1.11 bits per heavy atom. The molecule has 186 valence electrons. The van der Waals surface area contributed by atoms with Gasteiger partial charge in [0.2, 0.25) is 5.95 Å². The van der Waals surface area contributed by atoms with Gasteiger partial charge in [-0.15, -0.1) is 0 Å². The summed E-state index contributed by atoms with van der Waals surface area (Å²) in [6.45, 7) is 5.57. The molecule has 0 spiro atoms. The zero-order valence-corrected chi connectivity index (χ0v) is 20.7. The highest BCUT2D eigenvalue weighted by atomic mass is 16.2. The molecular formula is C27H37N7O. The van der Waals surface area contributed by atoms with E-state index in [1.807, 2.05) is 35.4 Å². The molecule has 1 aliphatic carbocycles. The molecule has 1 saturated heterocycles. The first-order chi connectivity index (χ1) is 17.1. The molecule has 0 bridgehead atoms. The van der Waals surface area contributed by atoms with Gasteiger partial charge >= 0.3 is 0 Å². The Labute approximate surface area is 207 Å². The first-order valence-electron chi connectivity index (χ1n) is 13.2. The topological polar surface area (TPSA) is 102 Å². The standard InChI is InChI=1S/C27H37N7O/c1-2-3-14-29-27-30-17-23-24(20-8-10-21(11-9-20)26(35)33-15-4-5-16-33)32-34(25(23)31-27)18-19-6-12-22(28)13-7-19/h8-11,17,19,22H,2-7,12-16,18,28H2,1H3,(H,29,30,31). The fourth-order valence-electron chi connectivity index (χ4n) is 5.25. The summed E-state index contributed by atoms with van der Waals surface area (Å²) < 4.78 is 2.06. The number of aromatic nitrogens is 4. The molecule has 0 atom stereocenters. The maximum atomic E-state index is 12.8. The maximum Gasteiger partial charge on any atom is 0.253 e. The summed E-state index contributed by atoms with van der Waals surface area (Å²) >= 11 is 0. The van der Waals surface area contributed by atoms with Crippen LogP contribution in [0.3, 0.4) is 0 Å². The van der Waals surface area contributed by atoms with Gasteiger partial charge < -0.3 is 16.0 Å². The van der Waals surface area contributed by atoms with E-state index in [-0.39, 0.29) is 5.91 Å². The van der Waals surface area contributed by atoms with E-state index in [0.717, 1.165) is 105 Å². The van der Waals surface area contributed by atoms with Gasteiger partial charge in [-0.3, -0.25) is 4.79 Å². The second-order valence-electron chi connectivity index (χ2n) is 10.1. The summed E-state index contributed by atoms with van der Waals surface area (Å²) in [7, 11) is 0. The number of fused-ring (bicyclic) bond motifs is 1. The first-order valence-corrected chi connectivity index (χ1v) is 13.2. The zero-order valence-electron chi connectivity index (χ0n) is 20.7. The number of nitrogens with two attached hydrogens (primary N) is 1. The van der Waals surface area contributed by atoms with Crippen molar-refractivity contribution in [3.63, 3.8) is 0 Å². The summed E-state index contributed by atoms with van der Waals surface area (Å²) in [5.74, 6) is 1.32. The number of unbranched alkanes of at least 4 members (excludes halogenated alkanes) is 1. The number of carbonyl (C=O) groups excluding carboxylic acids is 1. The number of amides is 1. The fraction of sp³-hybridized carbons (Fsp3) is 0.556. The third-order valence-corrected chi connectivity index (χ3v) is 7.42. The van der Waals surface area contributed by atoms with E-state index < -0.39 is 0 Å². The Balaban J connectivity index is 1.44. The molecular weight excluding hydrogens is 438 g/mol. The average Bonchev–Trinajstić information content (AvgIpc) is 3.54. The number of benzene rings is 1. The van der Waals surface area contributed by atoms with Crippen LogP contribution in [0.25, 0.3) is 22.3 Å². The highest BCUT2D eigenvalue weighted by Crippen LogP contribution is 2.31. The third-order valence-electron chi connectivity index (χ3n) is 7.42. The van der Waals surface area contributed by atoms with Crippen molar-refractivity contribution in [1.82, 2.24) is 24.6 Å². The first kappa shape index (κ1) is 23.7. The quantitative estimate of drug-likeness (QED) is 0.467. The molecule has 3 heterocycles. The van der Waals surface area contributed by atoms with E-state index in [0.29, 0.717) is 17.9 Å². The highest BCUT2D eigenvalue weighted by molar-refractivity contribution is 5.96. The van der Waals surface area contributed by atoms with Gasteiger partial charge in [0.15, 0.2) is 5.65 Å².